The molecule has 4 rings (SSSR count). The van der Waals surface area contributed by atoms with Crippen molar-refractivity contribution in [2.75, 3.05) is 38.5 Å². The molecule has 0 unspecified atom stereocenters. The van der Waals surface area contributed by atoms with Crippen LogP contribution in [0.1, 0.15) is 16.3 Å². The average Bonchev–Trinajstić information content (AvgIpc) is 3.21. The highest BCUT2D eigenvalue weighted by molar-refractivity contribution is 7.89. The highest BCUT2D eigenvalue weighted by Crippen LogP contribution is 2.21. The van der Waals surface area contributed by atoms with E-state index >= 15 is 0 Å². The van der Waals surface area contributed by atoms with Crippen molar-refractivity contribution in [3.63, 3.8) is 0 Å². The van der Waals surface area contributed by atoms with Gasteiger partial charge in [0.05, 0.1) is 22.0 Å². The van der Waals surface area contributed by atoms with E-state index in [9.17, 15) is 13.2 Å². The van der Waals surface area contributed by atoms with Gasteiger partial charge in [-0.25, -0.2) is 13.4 Å². The maximum absolute atomic E-state index is 13.0. The van der Waals surface area contributed by atoms with Crippen LogP contribution in [-0.4, -0.2) is 61.7 Å². The topological polar surface area (TPSA) is 82.6 Å². The van der Waals surface area contributed by atoms with Crippen molar-refractivity contribution in [1.82, 2.24) is 14.2 Å². The largest absolute Gasteiger partial charge is 0.326 e. The Morgan fingerprint density at radius 3 is 2.56 bits per heavy atom. The van der Waals surface area contributed by atoms with Crippen LogP contribution < -0.4 is 5.32 Å². The number of hydrogen-bond acceptors (Lipinski definition) is 6. The van der Waals surface area contributed by atoms with Gasteiger partial charge in [0.1, 0.15) is 0 Å². The monoisotopic (exact) mass is 470 g/mol. The number of hydrogen-bond donors (Lipinski definition) is 1. The van der Waals surface area contributed by atoms with Gasteiger partial charge in [0.25, 0.3) is 0 Å². The number of benzene rings is 2. The molecule has 1 saturated heterocycles. The average molecular weight is 471 g/mol. The molecule has 32 heavy (non-hydrogen) atoms. The van der Waals surface area contributed by atoms with Crippen LogP contribution in [0.3, 0.4) is 0 Å². The van der Waals surface area contributed by atoms with E-state index in [0.717, 1.165) is 11.4 Å². The van der Waals surface area contributed by atoms with Gasteiger partial charge in [-0.2, -0.15) is 4.31 Å². The van der Waals surface area contributed by atoms with Crippen LogP contribution in [0, 0.1) is 0 Å². The summed E-state index contributed by atoms with van der Waals surface area (Å²) >= 11 is 1.54. The van der Waals surface area contributed by atoms with Crippen LogP contribution >= 0.6 is 11.3 Å². The van der Waals surface area contributed by atoms with Gasteiger partial charge in [0, 0.05) is 43.7 Å². The Morgan fingerprint density at radius 2 is 1.81 bits per heavy atom. The molecule has 2 heterocycles. The van der Waals surface area contributed by atoms with Gasteiger partial charge in [-0.15, -0.1) is 11.3 Å². The van der Waals surface area contributed by atoms with Crippen LogP contribution in [0.25, 0.3) is 0 Å². The van der Waals surface area contributed by atoms with Crippen LogP contribution in [0.5, 0.6) is 0 Å². The Morgan fingerprint density at radius 1 is 1.06 bits per heavy atom. The Bertz CT molecular complexity index is 1170. The molecule has 0 spiro atoms. The standard InChI is InChI=1S/C23H26N4O3S2/c1-26-10-12-27(13-11-26)32(29,30)21-9-5-8-19(15-21)24-22(28)16-20-17-31-23(25-20)14-18-6-3-2-4-7-18/h2-9,15,17H,10-14,16H2,1H3,(H,24,28). The summed E-state index contributed by atoms with van der Waals surface area (Å²) in [6.45, 7) is 2.33. The van der Waals surface area contributed by atoms with Crippen molar-refractivity contribution < 1.29 is 13.2 Å². The number of likely N-dealkylation sites (N-methyl/N-ethyl adjacent to an activating group) is 1. The summed E-state index contributed by atoms with van der Waals surface area (Å²) < 4.78 is 27.4. The lowest BCUT2D eigenvalue weighted by Gasteiger charge is -2.31. The molecule has 1 amide bonds. The molecule has 1 aromatic heterocycles. The molecule has 9 heteroatoms. The van der Waals surface area contributed by atoms with Crippen molar-refractivity contribution in [2.45, 2.75) is 17.7 Å². The maximum Gasteiger partial charge on any atom is 0.243 e. The minimum atomic E-state index is -3.58. The Labute approximate surface area is 192 Å². The first-order valence-corrected chi connectivity index (χ1v) is 12.8. The van der Waals surface area contributed by atoms with Crippen molar-refractivity contribution in [3.8, 4) is 0 Å². The number of aromatic nitrogens is 1. The van der Waals surface area contributed by atoms with Gasteiger partial charge >= 0.3 is 0 Å². The number of thiazole rings is 1. The van der Waals surface area contributed by atoms with Crippen LogP contribution in [0.2, 0.25) is 0 Å². The summed E-state index contributed by atoms with van der Waals surface area (Å²) in [5, 5.41) is 5.66. The van der Waals surface area contributed by atoms with E-state index in [1.165, 1.54) is 27.3 Å². The number of sulfonamides is 1. The maximum atomic E-state index is 13.0. The van der Waals surface area contributed by atoms with E-state index in [-0.39, 0.29) is 17.2 Å². The van der Waals surface area contributed by atoms with Crippen molar-refractivity contribution in [1.29, 1.82) is 0 Å². The fourth-order valence-corrected chi connectivity index (χ4v) is 5.86. The Hall–Kier alpha value is -2.59. The van der Waals surface area contributed by atoms with Crippen LogP contribution in [0.15, 0.2) is 64.9 Å². The lowest BCUT2D eigenvalue weighted by Crippen LogP contribution is -2.47. The van der Waals surface area contributed by atoms with Gasteiger partial charge in [-0.05, 0) is 30.8 Å². The molecule has 0 atom stereocenters. The molecule has 0 aliphatic carbocycles. The molecule has 168 valence electrons. The molecule has 7 nitrogen and oxygen atoms in total. The van der Waals surface area contributed by atoms with Crippen molar-refractivity contribution >= 4 is 33.0 Å². The summed E-state index contributed by atoms with van der Waals surface area (Å²) in [6.07, 6.45) is 0.875. The molecule has 0 bridgehead atoms. The number of nitrogens with zero attached hydrogens (tertiary/aromatic N) is 3. The van der Waals surface area contributed by atoms with Gasteiger partial charge in [0.2, 0.25) is 15.9 Å². The minimum absolute atomic E-state index is 0.140. The number of rotatable bonds is 7. The van der Waals surface area contributed by atoms with E-state index in [1.54, 1.807) is 18.2 Å². The van der Waals surface area contributed by atoms with Crippen molar-refractivity contribution in [2.24, 2.45) is 0 Å². The van der Waals surface area contributed by atoms with Crippen LogP contribution in [0.4, 0.5) is 5.69 Å². The number of amides is 1. The van der Waals surface area contributed by atoms with Crippen molar-refractivity contribution in [3.05, 3.63) is 76.2 Å². The number of piperazine rings is 1. The van der Waals surface area contributed by atoms with E-state index in [1.807, 2.05) is 30.6 Å². The smallest absolute Gasteiger partial charge is 0.243 e. The number of carbonyl (C=O) groups is 1. The third-order valence-corrected chi connectivity index (χ3v) is 8.15. The molecular weight excluding hydrogens is 444 g/mol. The van der Waals surface area contributed by atoms with Crippen LogP contribution in [-0.2, 0) is 27.7 Å². The third-order valence-electron chi connectivity index (χ3n) is 5.36. The van der Waals surface area contributed by atoms with Gasteiger partial charge in [0.15, 0.2) is 0 Å². The zero-order chi connectivity index (χ0) is 22.6. The SMILES string of the molecule is CN1CCN(S(=O)(=O)c2cccc(NC(=O)Cc3csc(Cc4ccccc4)n3)c2)CC1. The molecule has 1 aliphatic heterocycles. The molecule has 0 radical (unpaired) electrons. The molecule has 3 aromatic rings. The van der Waals surface area contributed by atoms with Gasteiger partial charge in [-0.1, -0.05) is 36.4 Å². The minimum Gasteiger partial charge on any atom is -0.326 e. The fraction of sp³-hybridized carbons (Fsp3) is 0.304. The Kier molecular flexibility index (Phi) is 7.00. The fourth-order valence-electron chi connectivity index (χ4n) is 3.56. The summed E-state index contributed by atoms with van der Waals surface area (Å²) in [5.41, 5.74) is 2.35. The predicted molar refractivity (Wildman–Crippen MR) is 126 cm³/mol. The normalized spacial score (nSPS) is 15.5. The lowest BCUT2D eigenvalue weighted by molar-refractivity contribution is -0.115. The first-order valence-electron chi connectivity index (χ1n) is 10.5. The second-order valence-corrected chi connectivity index (χ2v) is 10.7. The van der Waals surface area contributed by atoms with E-state index < -0.39 is 10.0 Å². The zero-order valence-electron chi connectivity index (χ0n) is 17.9. The molecule has 1 aliphatic rings. The molecule has 2 aromatic carbocycles. The summed E-state index contributed by atoms with van der Waals surface area (Å²) in [5.74, 6) is -0.226. The lowest BCUT2D eigenvalue weighted by atomic mass is 10.2. The van der Waals surface area contributed by atoms with Gasteiger partial charge < -0.3 is 10.2 Å². The second-order valence-electron chi connectivity index (χ2n) is 7.86. The van der Waals surface area contributed by atoms with E-state index in [2.05, 4.69) is 27.3 Å². The van der Waals surface area contributed by atoms with E-state index in [4.69, 9.17) is 0 Å². The quantitative estimate of drug-likeness (QED) is 0.574. The molecular formula is C23H26N4O3S2. The molecule has 1 N–H and O–H groups in total. The number of anilines is 1. The van der Waals surface area contributed by atoms with Gasteiger partial charge in [-0.3, -0.25) is 4.79 Å². The van der Waals surface area contributed by atoms with E-state index in [0.29, 0.717) is 37.6 Å². The molecule has 1 fully saturated rings. The number of carbonyl (C=O) groups excluding carboxylic acids is 1. The highest BCUT2D eigenvalue weighted by atomic mass is 32.2. The number of nitrogens with one attached hydrogen (secondary N) is 1. The zero-order valence-corrected chi connectivity index (χ0v) is 19.5. The summed E-state index contributed by atoms with van der Waals surface area (Å²) in [7, 11) is -1.61. The summed E-state index contributed by atoms with van der Waals surface area (Å²) in [4.78, 5) is 19.4. The predicted octanol–water partition coefficient (Wildman–Crippen LogP) is 2.85. The Balaban J connectivity index is 1.38. The first-order chi connectivity index (χ1) is 15.4. The first kappa shape index (κ1) is 22.6. The third kappa shape index (κ3) is 5.60. The highest BCUT2D eigenvalue weighted by Gasteiger charge is 2.27. The second kappa shape index (κ2) is 9.91. The summed E-state index contributed by atoms with van der Waals surface area (Å²) in [6, 6.07) is 16.5. The molecule has 0 saturated carbocycles.